The van der Waals surface area contributed by atoms with Crippen molar-refractivity contribution in [1.82, 2.24) is 0 Å². The van der Waals surface area contributed by atoms with Gasteiger partial charge in [0.05, 0.1) is 11.6 Å². The molecule has 2 rings (SSSR count). The van der Waals surface area contributed by atoms with Crippen molar-refractivity contribution >= 4 is 23.2 Å². The second-order valence-electron chi connectivity index (χ2n) is 3.71. The van der Waals surface area contributed by atoms with Crippen molar-refractivity contribution in [2.24, 2.45) is 0 Å². The van der Waals surface area contributed by atoms with E-state index >= 15 is 0 Å². The fraction of sp³-hybridized carbons (Fsp3) is 0. The maximum absolute atomic E-state index is 11.9. The number of pyridine rings is 1. The van der Waals surface area contributed by atoms with Crippen LogP contribution in [-0.2, 0) is 0 Å². The molecule has 2 aromatic rings. The molecule has 0 saturated heterocycles. The lowest BCUT2D eigenvalue weighted by Gasteiger charge is -2.05. The third-order valence-electron chi connectivity index (χ3n) is 2.38. The highest BCUT2D eigenvalue weighted by atomic mass is 35.5. The molecule has 0 atom stereocenters. The number of rotatable bonds is 2. The summed E-state index contributed by atoms with van der Waals surface area (Å²) in [5.41, 5.74) is 1.10. The number of carbonyl (C=O) groups excluding carboxylic acids is 1. The number of nitrogens with one attached hydrogen (secondary N) is 1. The molecule has 0 radical (unpaired) electrons. The van der Waals surface area contributed by atoms with E-state index in [4.69, 9.17) is 16.9 Å². The largest absolute Gasteiger partial charge is 0.618 e. The number of anilines is 1. The average molecular weight is 274 g/mol. The van der Waals surface area contributed by atoms with Crippen molar-refractivity contribution in [3.8, 4) is 6.07 Å². The van der Waals surface area contributed by atoms with Crippen molar-refractivity contribution < 1.29 is 9.52 Å². The molecule has 0 aliphatic rings. The Morgan fingerprint density at radius 2 is 2.16 bits per heavy atom. The number of carbonyl (C=O) groups is 1. The van der Waals surface area contributed by atoms with Gasteiger partial charge < -0.3 is 10.5 Å². The second kappa shape index (κ2) is 5.38. The molecule has 94 valence electrons. The summed E-state index contributed by atoms with van der Waals surface area (Å²) in [6.45, 7) is 0. The maximum atomic E-state index is 11.9. The van der Waals surface area contributed by atoms with Crippen LogP contribution in [0.2, 0.25) is 5.15 Å². The molecule has 0 aliphatic heterocycles. The Hall–Kier alpha value is -2.58. The van der Waals surface area contributed by atoms with Gasteiger partial charge in [-0.15, -0.1) is 0 Å². The summed E-state index contributed by atoms with van der Waals surface area (Å²) in [7, 11) is 0. The fourth-order valence-corrected chi connectivity index (χ4v) is 1.58. The number of nitriles is 1. The van der Waals surface area contributed by atoms with Gasteiger partial charge in [0, 0.05) is 11.8 Å². The molecule has 1 heterocycles. The lowest BCUT2D eigenvalue weighted by atomic mass is 10.2. The van der Waals surface area contributed by atoms with Crippen LogP contribution in [0, 0.1) is 16.5 Å². The smallest absolute Gasteiger partial charge is 0.286 e. The number of hydrogen-bond donors (Lipinski definition) is 1. The van der Waals surface area contributed by atoms with E-state index in [1.807, 2.05) is 6.07 Å². The van der Waals surface area contributed by atoms with E-state index in [9.17, 15) is 10.0 Å². The Kier molecular flexibility index (Phi) is 3.64. The zero-order chi connectivity index (χ0) is 13.8. The third kappa shape index (κ3) is 3.00. The molecule has 0 unspecified atom stereocenters. The number of benzene rings is 1. The zero-order valence-corrected chi connectivity index (χ0v) is 10.4. The highest BCUT2D eigenvalue weighted by Crippen LogP contribution is 2.12. The van der Waals surface area contributed by atoms with Gasteiger partial charge in [0.1, 0.15) is 5.56 Å². The summed E-state index contributed by atoms with van der Waals surface area (Å²) < 4.78 is 0.405. The molecular weight excluding hydrogens is 266 g/mol. The molecule has 0 saturated carbocycles. The molecule has 1 N–H and O–H groups in total. The van der Waals surface area contributed by atoms with Gasteiger partial charge in [-0.2, -0.15) is 9.99 Å². The van der Waals surface area contributed by atoms with Gasteiger partial charge >= 0.3 is 0 Å². The first-order chi connectivity index (χ1) is 9.10. The Labute approximate surface area is 114 Å². The molecule has 1 amide bonds. The third-order valence-corrected chi connectivity index (χ3v) is 2.67. The molecule has 1 aromatic carbocycles. The van der Waals surface area contributed by atoms with Crippen LogP contribution in [0.15, 0.2) is 42.6 Å². The van der Waals surface area contributed by atoms with Crippen molar-refractivity contribution in [3.05, 3.63) is 64.1 Å². The van der Waals surface area contributed by atoms with Gasteiger partial charge in [-0.25, -0.2) is 0 Å². The first kappa shape index (κ1) is 12.9. The number of halogens is 1. The summed E-state index contributed by atoms with van der Waals surface area (Å²) in [6.07, 6.45) is 1.09. The Morgan fingerprint density at radius 1 is 1.37 bits per heavy atom. The molecule has 19 heavy (non-hydrogen) atoms. The Morgan fingerprint density at radius 3 is 2.84 bits per heavy atom. The minimum absolute atomic E-state index is 0.0111. The van der Waals surface area contributed by atoms with Gasteiger partial charge in [0.25, 0.3) is 11.1 Å². The van der Waals surface area contributed by atoms with Gasteiger partial charge in [0.2, 0.25) is 0 Å². The molecule has 0 bridgehead atoms. The average Bonchev–Trinajstić information content (AvgIpc) is 2.42. The molecule has 6 heteroatoms. The standard InChI is InChI=1S/C13H8ClN3O2/c14-12-5-4-10(8-17(12)19)13(18)16-11-3-1-2-9(6-11)7-15/h1-6,8H,(H,16,18). The molecule has 0 fully saturated rings. The second-order valence-corrected chi connectivity index (χ2v) is 4.10. The highest BCUT2D eigenvalue weighted by Gasteiger charge is 2.11. The molecule has 0 aliphatic carbocycles. The monoisotopic (exact) mass is 273 g/mol. The summed E-state index contributed by atoms with van der Waals surface area (Å²) in [6, 6.07) is 11.2. The normalized spacial score (nSPS) is 9.68. The van der Waals surface area contributed by atoms with Crippen LogP contribution < -0.4 is 10.0 Å². The minimum Gasteiger partial charge on any atom is -0.618 e. The summed E-state index contributed by atoms with van der Waals surface area (Å²) in [5, 5.41) is 22.6. The lowest BCUT2D eigenvalue weighted by Crippen LogP contribution is -2.29. The van der Waals surface area contributed by atoms with E-state index in [0.717, 1.165) is 6.20 Å². The molecule has 0 spiro atoms. The van der Waals surface area contributed by atoms with Gasteiger partial charge in [0.15, 0.2) is 6.20 Å². The topological polar surface area (TPSA) is 79.8 Å². The van der Waals surface area contributed by atoms with Crippen LogP contribution in [0.25, 0.3) is 0 Å². The number of amides is 1. The van der Waals surface area contributed by atoms with E-state index < -0.39 is 5.91 Å². The number of hydrogen-bond acceptors (Lipinski definition) is 3. The Bertz CT molecular complexity index is 680. The van der Waals surface area contributed by atoms with Crippen molar-refractivity contribution in [1.29, 1.82) is 5.26 Å². The zero-order valence-electron chi connectivity index (χ0n) is 9.63. The highest BCUT2D eigenvalue weighted by molar-refractivity contribution is 6.28. The van der Waals surface area contributed by atoms with E-state index in [1.165, 1.54) is 12.1 Å². The van der Waals surface area contributed by atoms with Crippen LogP contribution in [-0.4, -0.2) is 5.91 Å². The van der Waals surface area contributed by atoms with E-state index in [2.05, 4.69) is 5.32 Å². The van der Waals surface area contributed by atoms with Crippen LogP contribution in [0.4, 0.5) is 5.69 Å². The lowest BCUT2D eigenvalue weighted by molar-refractivity contribution is -0.603. The predicted octanol–water partition coefficient (Wildman–Crippen LogP) is 2.10. The Balaban J connectivity index is 2.21. The van der Waals surface area contributed by atoms with Crippen LogP contribution in [0.3, 0.4) is 0 Å². The van der Waals surface area contributed by atoms with E-state index in [-0.39, 0.29) is 10.7 Å². The molecule has 5 nitrogen and oxygen atoms in total. The SMILES string of the molecule is N#Cc1cccc(NC(=O)c2ccc(Cl)[n+]([O-])c2)c1. The minimum atomic E-state index is -0.448. The van der Waals surface area contributed by atoms with Gasteiger partial charge in [-0.3, -0.25) is 4.79 Å². The number of aromatic nitrogens is 1. The van der Waals surface area contributed by atoms with E-state index in [1.54, 1.807) is 24.3 Å². The van der Waals surface area contributed by atoms with Crippen molar-refractivity contribution in [3.63, 3.8) is 0 Å². The first-order valence-corrected chi connectivity index (χ1v) is 5.68. The van der Waals surface area contributed by atoms with Crippen LogP contribution in [0.5, 0.6) is 0 Å². The summed E-state index contributed by atoms with van der Waals surface area (Å²) in [5.74, 6) is -0.448. The predicted molar refractivity (Wildman–Crippen MR) is 69.5 cm³/mol. The first-order valence-electron chi connectivity index (χ1n) is 5.30. The summed E-state index contributed by atoms with van der Waals surface area (Å²) >= 11 is 5.57. The van der Waals surface area contributed by atoms with Crippen LogP contribution in [0.1, 0.15) is 15.9 Å². The van der Waals surface area contributed by atoms with Crippen LogP contribution >= 0.6 is 11.6 Å². The van der Waals surface area contributed by atoms with Crippen molar-refractivity contribution in [2.75, 3.05) is 5.32 Å². The molecule has 1 aromatic heterocycles. The van der Waals surface area contributed by atoms with Crippen molar-refractivity contribution in [2.45, 2.75) is 0 Å². The van der Waals surface area contributed by atoms with E-state index in [0.29, 0.717) is 16.0 Å². The molecular formula is C13H8ClN3O2. The fourth-order valence-electron chi connectivity index (χ4n) is 1.47. The van der Waals surface area contributed by atoms with Gasteiger partial charge in [-0.05, 0) is 35.9 Å². The summed E-state index contributed by atoms with van der Waals surface area (Å²) in [4.78, 5) is 11.9. The number of nitrogens with zero attached hydrogens (tertiary/aromatic N) is 2. The quantitative estimate of drug-likeness (QED) is 0.517. The van der Waals surface area contributed by atoms with Gasteiger partial charge in [-0.1, -0.05) is 6.07 Å². The maximum Gasteiger partial charge on any atom is 0.286 e.